The Morgan fingerprint density at radius 2 is 0.587 bits per heavy atom. The van der Waals surface area contributed by atoms with E-state index in [9.17, 15) is 0 Å². The summed E-state index contributed by atoms with van der Waals surface area (Å²) in [6.07, 6.45) is 16.5. The molecule has 0 radical (unpaired) electrons. The topological polar surface area (TPSA) is 162 Å². The molecule has 24 rings (SSSR count). The first-order chi connectivity index (χ1) is 62.1. The zero-order chi connectivity index (χ0) is 84.6. The Balaban J connectivity index is 0.000000105. The van der Waals surface area contributed by atoms with Gasteiger partial charge < -0.3 is 4.57 Å². The molecule has 10 aromatic carbocycles. The number of benzene rings is 10. The summed E-state index contributed by atoms with van der Waals surface area (Å²) in [5, 5.41) is 10.3. The third kappa shape index (κ3) is 15.3. The molecule has 0 amide bonds. The van der Waals surface area contributed by atoms with E-state index < -0.39 is 0 Å². The highest BCUT2D eigenvalue weighted by Crippen LogP contribution is 2.42. The minimum Gasteiger partial charge on any atom is -0.308 e. The van der Waals surface area contributed by atoms with Crippen molar-refractivity contribution in [3.8, 4) is 102 Å². The molecule has 0 fully saturated rings. The summed E-state index contributed by atoms with van der Waals surface area (Å²) in [7, 11) is 0. The van der Waals surface area contributed by atoms with Gasteiger partial charge in [-0.05, 0) is 259 Å². The fraction of sp³-hybridized carbons (Fsp3) is 0. The van der Waals surface area contributed by atoms with Crippen LogP contribution in [0.4, 0.5) is 0 Å². The van der Waals surface area contributed by atoms with Crippen LogP contribution in [0.1, 0.15) is 0 Å². The van der Waals surface area contributed by atoms with Gasteiger partial charge in [0.1, 0.15) is 16.9 Å². The van der Waals surface area contributed by atoms with Gasteiger partial charge in [0, 0.05) is 150 Å². The van der Waals surface area contributed by atoms with Crippen LogP contribution in [0.25, 0.3) is 200 Å². The molecule has 0 bridgehead atoms. The molecule has 126 heavy (non-hydrogen) atoms. The number of hydrogen-bond acceptors (Lipinski definition) is 11. The van der Waals surface area contributed by atoms with E-state index in [4.69, 9.17) is 24.9 Å². The van der Waals surface area contributed by atoms with E-state index in [2.05, 4.69) is 324 Å². The molecule has 0 saturated carbocycles. The van der Waals surface area contributed by atoms with Crippen molar-refractivity contribution in [2.24, 2.45) is 0 Å². The van der Waals surface area contributed by atoms with E-state index in [-0.39, 0.29) is 0 Å². The van der Waals surface area contributed by atoms with Crippen LogP contribution in [-0.2, 0) is 0 Å². The van der Waals surface area contributed by atoms with Crippen LogP contribution in [0.5, 0.6) is 0 Å². The van der Waals surface area contributed by atoms with Gasteiger partial charge in [-0.1, -0.05) is 179 Å². The third-order valence-corrected chi connectivity index (χ3v) is 24.2. The summed E-state index contributed by atoms with van der Waals surface area (Å²) >= 11 is 14.4. The van der Waals surface area contributed by atoms with Crippen LogP contribution < -0.4 is 0 Å². The summed E-state index contributed by atoms with van der Waals surface area (Å²) < 4.78 is 13.0. The predicted octanol–water partition coefficient (Wildman–Crippen LogP) is 28.4. The molecule has 14 heterocycles. The quantitative estimate of drug-likeness (QED) is 0.121. The Morgan fingerprint density at radius 3 is 1.08 bits per heavy atom. The molecule has 0 aliphatic heterocycles. The maximum absolute atomic E-state index is 5.04. The minimum absolute atomic E-state index is 0.619. The zero-order valence-electron chi connectivity index (χ0n) is 66.9. The van der Waals surface area contributed by atoms with Crippen LogP contribution in [0.15, 0.2) is 426 Å². The average molecular weight is 1880 g/mol. The van der Waals surface area contributed by atoms with Gasteiger partial charge in [0.25, 0.3) is 0 Å². The molecule has 14 aromatic heterocycles. The normalized spacial score (nSPS) is 11.3. The Kier molecular flexibility index (Phi) is 21.4. The zero-order valence-corrected chi connectivity index (χ0v) is 73.2. The molecule has 0 N–H and O–H groups in total. The van der Waals surface area contributed by atoms with Crippen LogP contribution >= 0.6 is 63.7 Å². The fourth-order valence-electron chi connectivity index (χ4n) is 16.7. The lowest BCUT2D eigenvalue weighted by atomic mass is 9.96. The molecule has 15 nitrogen and oxygen atoms in total. The Bertz CT molecular complexity index is 7820. The van der Waals surface area contributed by atoms with Crippen molar-refractivity contribution in [3.05, 3.63) is 426 Å². The largest absolute Gasteiger partial charge is 0.308 e. The van der Waals surface area contributed by atoms with Crippen molar-refractivity contribution in [3.63, 3.8) is 0 Å². The Labute approximate surface area is 756 Å². The van der Waals surface area contributed by atoms with E-state index in [1.165, 1.54) is 21.7 Å². The summed E-state index contributed by atoms with van der Waals surface area (Å²) in [6.45, 7) is 0. The van der Waals surface area contributed by atoms with Crippen molar-refractivity contribution in [1.82, 2.24) is 73.1 Å². The fourth-order valence-corrected chi connectivity index (χ4v) is 18.1. The highest BCUT2D eigenvalue weighted by atomic mass is 79.9. The second-order valence-electron chi connectivity index (χ2n) is 30.0. The maximum atomic E-state index is 5.04. The van der Waals surface area contributed by atoms with Crippen LogP contribution in [-0.4, -0.2) is 73.1 Å². The van der Waals surface area contributed by atoms with Crippen molar-refractivity contribution in [2.45, 2.75) is 0 Å². The molecular weight excluding hydrogens is 1810 g/mol. The van der Waals surface area contributed by atoms with E-state index in [1.807, 2.05) is 183 Å². The SMILES string of the molecule is Brc1ccc2c(c1)c1cccnc1n2-c1cccc(-c2cc(-c3ccccn3)cc(-c3ccccn3)c2)c1.Brc1ccc2c(c1)c1cccnc1n2-c1cccc(-c2cc(-c3ccccn3)nc(-c3ccccn3)c2)c1.Brc1ccc2c(c1)c1cccnc1n2-c1nc(-c2ccccc2)c2ccccc2n1.Brc1ccc2c(c1)c1ccncc1n2-c1ccccc1. The van der Waals surface area contributed by atoms with Crippen LogP contribution in [0, 0.1) is 0 Å². The number of halogens is 4. The molecule has 0 unspecified atom stereocenters. The molecule has 0 aliphatic carbocycles. The highest BCUT2D eigenvalue weighted by Gasteiger charge is 2.22. The lowest BCUT2D eigenvalue weighted by Crippen LogP contribution is -2.04. The number of hydrogen-bond donors (Lipinski definition) is 0. The first-order valence-electron chi connectivity index (χ1n) is 40.7. The summed E-state index contributed by atoms with van der Waals surface area (Å²) in [6, 6.07) is 120. The minimum atomic E-state index is 0.619. The second kappa shape index (κ2) is 34.4. The highest BCUT2D eigenvalue weighted by molar-refractivity contribution is 9.11. The number of rotatable bonds is 11. The van der Waals surface area contributed by atoms with Crippen molar-refractivity contribution < 1.29 is 0 Å². The molecule has 19 heteroatoms. The molecule has 0 aliphatic rings. The molecule has 0 spiro atoms. The number of para-hydroxylation sites is 2. The first-order valence-corrected chi connectivity index (χ1v) is 43.9. The van der Waals surface area contributed by atoms with Gasteiger partial charge in [-0.25, -0.2) is 29.9 Å². The lowest BCUT2D eigenvalue weighted by molar-refractivity contribution is 0.997. The molecule has 598 valence electrons. The van der Waals surface area contributed by atoms with Gasteiger partial charge in [0.2, 0.25) is 5.95 Å². The van der Waals surface area contributed by atoms with Gasteiger partial charge in [-0.3, -0.25) is 38.6 Å². The average Bonchev–Trinajstić information content (AvgIpc) is 1.58. The Morgan fingerprint density at radius 1 is 0.198 bits per heavy atom. The molecule has 24 aromatic rings. The predicted molar refractivity (Wildman–Crippen MR) is 525 cm³/mol. The third-order valence-electron chi connectivity index (χ3n) is 22.3. The smallest absolute Gasteiger partial charge is 0.237 e. The van der Waals surface area contributed by atoms with E-state index in [0.717, 1.165) is 191 Å². The van der Waals surface area contributed by atoms with Crippen molar-refractivity contribution >= 4 is 162 Å². The van der Waals surface area contributed by atoms with E-state index in [1.54, 1.807) is 12.4 Å². The van der Waals surface area contributed by atoms with Crippen LogP contribution in [0.3, 0.4) is 0 Å². The van der Waals surface area contributed by atoms with E-state index in [0.29, 0.717) is 5.95 Å². The number of pyridine rings is 9. The van der Waals surface area contributed by atoms with Gasteiger partial charge in [-0.15, -0.1) is 0 Å². The van der Waals surface area contributed by atoms with Gasteiger partial charge >= 0.3 is 0 Å². The van der Waals surface area contributed by atoms with Gasteiger partial charge in [0.05, 0.1) is 79.2 Å². The van der Waals surface area contributed by atoms with Crippen molar-refractivity contribution in [1.29, 1.82) is 0 Å². The molecular formula is C107H67Br4N15. The lowest BCUT2D eigenvalue weighted by Gasteiger charge is -2.13. The molecule has 0 atom stereocenters. The van der Waals surface area contributed by atoms with Gasteiger partial charge in [-0.2, -0.15) is 0 Å². The molecule has 0 saturated heterocycles. The standard InChI is InChI=1S/C33H21BrN4.C32H20BrN5.C25H15BrN4.C17H11BrN2/c34-26-12-13-32-29(21-26)28-9-6-16-37-33(28)38(32)27-8-5-7-22(20-27)23-17-24(30-10-1-3-14-35-30)19-25(18-23)31-11-2-4-15-36-31;33-23-12-13-31-26(20-23)25-9-6-16-36-32(25)38(31)24-8-5-7-21(17-24)22-18-29(27-10-1-3-14-34-27)37-30(19-22)28-11-2-4-15-35-28;26-17-12-13-22-20(15-17)18-10-6-14-27-24(18)30(22)25-28-21-11-5-4-9-19(21)23(29-25)16-7-2-1-3-8-16;18-12-6-7-16-15(10-12)14-8-9-19-11-17(14)20(16)13-4-2-1-3-5-13/h1-21H;1-20H;1-15H;1-11H. The summed E-state index contributed by atoms with van der Waals surface area (Å²) in [5.74, 6) is 0.619. The second-order valence-corrected chi connectivity index (χ2v) is 33.6. The van der Waals surface area contributed by atoms with Crippen molar-refractivity contribution in [2.75, 3.05) is 0 Å². The Hall–Kier alpha value is -15.0. The maximum Gasteiger partial charge on any atom is 0.237 e. The number of fused-ring (bicyclic) bond motifs is 13. The van der Waals surface area contributed by atoms with Crippen LogP contribution in [0.2, 0.25) is 0 Å². The van der Waals surface area contributed by atoms with E-state index >= 15 is 0 Å². The summed E-state index contributed by atoms with van der Waals surface area (Å²) in [5.41, 5.74) is 26.0. The number of nitrogens with zero attached hydrogens (tertiary/aromatic N) is 15. The monoisotopic (exact) mass is 1880 g/mol. The van der Waals surface area contributed by atoms with Gasteiger partial charge in [0.15, 0.2) is 0 Å². The number of aromatic nitrogens is 15. The summed E-state index contributed by atoms with van der Waals surface area (Å²) in [4.78, 5) is 51.7. The first kappa shape index (κ1) is 78.3.